The van der Waals surface area contributed by atoms with Crippen LogP contribution in [-0.4, -0.2) is 73.5 Å². The summed E-state index contributed by atoms with van der Waals surface area (Å²) in [6, 6.07) is 7.26. The molecule has 0 aliphatic heterocycles. The van der Waals surface area contributed by atoms with Crippen LogP contribution in [0.3, 0.4) is 0 Å². The number of anilines is 4. The number of nitrogens with two attached hydrogens (primary N) is 1. The average Bonchev–Trinajstić information content (AvgIpc) is 2.94. The summed E-state index contributed by atoms with van der Waals surface area (Å²) in [5.74, 6) is 2.55. The Morgan fingerprint density at radius 3 is 2.41 bits per heavy atom. The van der Waals surface area contributed by atoms with E-state index in [4.69, 9.17) is 15.2 Å². The summed E-state index contributed by atoms with van der Waals surface area (Å²) in [5.41, 5.74) is 6.63. The maximum Gasteiger partial charge on any atom is 0.251 e. The van der Waals surface area contributed by atoms with Gasteiger partial charge in [0.1, 0.15) is 0 Å². The van der Waals surface area contributed by atoms with Crippen LogP contribution in [-0.2, 0) is 9.47 Å². The summed E-state index contributed by atoms with van der Waals surface area (Å²) in [6.45, 7) is 8.79. The van der Waals surface area contributed by atoms with Crippen molar-refractivity contribution in [3.05, 3.63) is 29.8 Å². The van der Waals surface area contributed by atoms with Crippen LogP contribution < -0.4 is 27.0 Å². The third-order valence-electron chi connectivity index (χ3n) is 6.46. The molecule has 1 heterocycles. The highest BCUT2D eigenvalue weighted by atomic mass is 16.5. The number of benzene rings is 1. The molecular weight excluding hydrogens is 496 g/mol. The van der Waals surface area contributed by atoms with Gasteiger partial charge in [-0.25, -0.2) is 0 Å². The fourth-order valence-electron chi connectivity index (χ4n) is 4.30. The molecule has 216 valence electrons. The Balaban J connectivity index is 1.57. The largest absolute Gasteiger partial charge is 0.378 e. The van der Waals surface area contributed by atoms with E-state index in [0.29, 0.717) is 80.4 Å². The number of amides is 1. The molecule has 39 heavy (non-hydrogen) atoms. The van der Waals surface area contributed by atoms with E-state index >= 15 is 0 Å². The van der Waals surface area contributed by atoms with Crippen LogP contribution in [0.4, 0.5) is 23.5 Å². The third-order valence-corrected chi connectivity index (χ3v) is 6.46. The minimum absolute atomic E-state index is 0.178. The lowest BCUT2D eigenvalue weighted by Gasteiger charge is -2.22. The van der Waals surface area contributed by atoms with Crippen molar-refractivity contribution in [2.24, 2.45) is 17.6 Å². The molecule has 1 aliphatic rings. The SMILES string of the molecule is CC(C)CCNc1nc(NCC2CCCCC2)nc(Nc2cccc(C(=O)NCCOCCOCCN)c2)n1. The number of carbonyl (C=O) groups excluding carboxylic acids is 1. The van der Waals surface area contributed by atoms with E-state index in [1.807, 2.05) is 12.1 Å². The standard InChI is InChI=1S/C28H46N8O3/c1-21(2)11-13-31-26-34-27(32-20-22-7-4-3-5-8-22)36-28(35-26)33-24-10-6-9-23(19-24)25(37)30-14-16-39-18-17-38-15-12-29/h6,9-10,19,21-22H,3-5,7-8,11-18,20,29H2,1-2H3,(H,30,37)(H3,31,32,33,34,35,36). The Hall–Kier alpha value is -3.02. The number of carbonyl (C=O) groups is 1. The van der Waals surface area contributed by atoms with Crippen molar-refractivity contribution in [3.63, 3.8) is 0 Å². The maximum absolute atomic E-state index is 12.6. The fourth-order valence-corrected chi connectivity index (χ4v) is 4.30. The molecule has 1 aromatic heterocycles. The highest BCUT2D eigenvalue weighted by Gasteiger charge is 2.15. The van der Waals surface area contributed by atoms with Crippen molar-refractivity contribution in [3.8, 4) is 0 Å². The summed E-state index contributed by atoms with van der Waals surface area (Å²) >= 11 is 0. The van der Waals surface area contributed by atoms with Gasteiger partial charge >= 0.3 is 0 Å². The van der Waals surface area contributed by atoms with E-state index in [1.165, 1.54) is 32.1 Å². The van der Waals surface area contributed by atoms with Gasteiger partial charge in [0, 0.05) is 37.4 Å². The molecule has 1 amide bonds. The second-order valence-electron chi connectivity index (χ2n) is 10.3. The molecule has 2 aromatic rings. The topological polar surface area (TPSA) is 148 Å². The van der Waals surface area contributed by atoms with E-state index in [9.17, 15) is 4.79 Å². The normalized spacial score (nSPS) is 13.8. The second-order valence-corrected chi connectivity index (χ2v) is 10.3. The first-order valence-electron chi connectivity index (χ1n) is 14.3. The quantitative estimate of drug-likeness (QED) is 0.176. The summed E-state index contributed by atoms with van der Waals surface area (Å²) < 4.78 is 10.7. The molecular formula is C28H46N8O3. The highest BCUT2D eigenvalue weighted by molar-refractivity contribution is 5.95. The van der Waals surface area contributed by atoms with Crippen LogP contribution >= 0.6 is 0 Å². The lowest BCUT2D eigenvalue weighted by Crippen LogP contribution is -2.27. The molecule has 0 unspecified atom stereocenters. The lowest BCUT2D eigenvalue weighted by molar-refractivity contribution is 0.0511. The number of nitrogens with one attached hydrogen (secondary N) is 4. The molecule has 6 N–H and O–H groups in total. The molecule has 0 atom stereocenters. The smallest absolute Gasteiger partial charge is 0.251 e. The molecule has 11 nitrogen and oxygen atoms in total. The Morgan fingerprint density at radius 2 is 1.67 bits per heavy atom. The van der Waals surface area contributed by atoms with Gasteiger partial charge in [0.15, 0.2) is 0 Å². The van der Waals surface area contributed by atoms with E-state index in [2.05, 4.69) is 50.1 Å². The Bertz CT molecular complexity index is 985. The molecule has 1 aliphatic carbocycles. The molecule has 0 bridgehead atoms. The zero-order valence-corrected chi connectivity index (χ0v) is 23.5. The van der Waals surface area contributed by atoms with Crippen molar-refractivity contribution >= 4 is 29.4 Å². The molecule has 0 saturated heterocycles. The first kappa shape index (κ1) is 30.5. The number of hydrogen-bond donors (Lipinski definition) is 5. The summed E-state index contributed by atoms with van der Waals surface area (Å²) in [5, 5.41) is 12.9. The number of ether oxygens (including phenoxy) is 2. The van der Waals surface area contributed by atoms with E-state index in [0.717, 1.165) is 19.5 Å². The predicted molar refractivity (Wildman–Crippen MR) is 156 cm³/mol. The van der Waals surface area contributed by atoms with Gasteiger partial charge in [-0.05, 0) is 49.3 Å². The van der Waals surface area contributed by atoms with E-state index in [1.54, 1.807) is 12.1 Å². The molecule has 1 saturated carbocycles. The van der Waals surface area contributed by atoms with Gasteiger partial charge in [0.05, 0.1) is 26.4 Å². The Labute approximate surface area is 232 Å². The summed E-state index contributed by atoms with van der Waals surface area (Å²) in [6.07, 6.45) is 7.42. The average molecular weight is 543 g/mol. The van der Waals surface area contributed by atoms with Crippen molar-refractivity contribution in [1.29, 1.82) is 0 Å². The number of rotatable bonds is 18. The first-order chi connectivity index (χ1) is 19.0. The van der Waals surface area contributed by atoms with E-state index in [-0.39, 0.29) is 5.91 Å². The van der Waals surface area contributed by atoms with Gasteiger partial charge in [0.25, 0.3) is 5.91 Å². The zero-order valence-electron chi connectivity index (χ0n) is 23.5. The van der Waals surface area contributed by atoms with Gasteiger partial charge in [-0.2, -0.15) is 15.0 Å². The van der Waals surface area contributed by atoms with Crippen LogP contribution in [0.2, 0.25) is 0 Å². The van der Waals surface area contributed by atoms with Gasteiger partial charge in [-0.15, -0.1) is 0 Å². The molecule has 11 heteroatoms. The van der Waals surface area contributed by atoms with Crippen LogP contribution in [0.15, 0.2) is 24.3 Å². The maximum atomic E-state index is 12.6. The monoisotopic (exact) mass is 542 g/mol. The predicted octanol–water partition coefficient (Wildman–Crippen LogP) is 3.79. The molecule has 1 aromatic carbocycles. The molecule has 0 spiro atoms. The summed E-state index contributed by atoms with van der Waals surface area (Å²) in [4.78, 5) is 26.4. The van der Waals surface area contributed by atoms with Crippen molar-refractivity contribution in [2.75, 3.05) is 68.6 Å². The zero-order chi connectivity index (χ0) is 27.7. The van der Waals surface area contributed by atoms with Crippen LogP contribution in [0.25, 0.3) is 0 Å². The van der Waals surface area contributed by atoms with Crippen molar-refractivity contribution in [2.45, 2.75) is 52.4 Å². The first-order valence-corrected chi connectivity index (χ1v) is 14.3. The van der Waals surface area contributed by atoms with Gasteiger partial charge in [-0.1, -0.05) is 39.2 Å². The number of nitrogens with zero attached hydrogens (tertiary/aromatic N) is 3. The minimum Gasteiger partial charge on any atom is -0.378 e. The Kier molecular flexibility index (Phi) is 13.7. The number of aromatic nitrogens is 3. The lowest BCUT2D eigenvalue weighted by atomic mass is 9.89. The van der Waals surface area contributed by atoms with Crippen molar-refractivity contribution in [1.82, 2.24) is 20.3 Å². The van der Waals surface area contributed by atoms with Gasteiger partial charge in [0.2, 0.25) is 17.8 Å². The minimum atomic E-state index is -0.178. The van der Waals surface area contributed by atoms with Crippen LogP contribution in [0, 0.1) is 11.8 Å². The molecule has 1 fully saturated rings. The second kappa shape index (κ2) is 17.5. The Morgan fingerprint density at radius 1 is 0.949 bits per heavy atom. The molecule has 0 radical (unpaired) electrons. The highest BCUT2D eigenvalue weighted by Crippen LogP contribution is 2.24. The molecule has 3 rings (SSSR count). The summed E-state index contributed by atoms with van der Waals surface area (Å²) in [7, 11) is 0. The van der Waals surface area contributed by atoms with Crippen molar-refractivity contribution < 1.29 is 14.3 Å². The van der Waals surface area contributed by atoms with E-state index < -0.39 is 0 Å². The third kappa shape index (κ3) is 12.1. The van der Waals surface area contributed by atoms with Gasteiger partial charge < -0.3 is 36.5 Å². The van der Waals surface area contributed by atoms with Crippen LogP contribution in [0.1, 0.15) is 62.7 Å². The fraction of sp³-hybridized carbons (Fsp3) is 0.643. The van der Waals surface area contributed by atoms with Gasteiger partial charge in [-0.3, -0.25) is 4.79 Å². The number of hydrogen-bond acceptors (Lipinski definition) is 10. The van der Waals surface area contributed by atoms with Crippen LogP contribution in [0.5, 0.6) is 0 Å².